The van der Waals surface area contributed by atoms with Gasteiger partial charge in [0.1, 0.15) is 5.82 Å². The minimum atomic E-state index is -3.15. The molecule has 0 bridgehead atoms. The minimum Gasteiger partial charge on any atom is -0.295 e. The Balaban J connectivity index is 0.00000306. The molecule has 0 radical (unpaired) electrons. The number of benzene rings is 1. The number of hydrogen-bond acceptors (Lipinski definition) is 4. The van der Waals surface area contributed by atoms with Crippen LogP contribution in [0.15, 0.2) is 18.2 Å². The number of halogens is 2. The van der Waals surface area contributed by atoms with Crippen LogP contribution in [0.3, 0.4) is 0 Å². The maximum Gasteiger partial charge on any atom is 0.214 e. The average Bonchev–Trinajstić information content (AvgIpc) is 3.59. The minimum absolute atomic E-state index is 0. The van der Waals surface area contributed by atoms with Crippen molar-refractivity contribution in [2.45, 2.75) is 76.7 Å². The largest absolute Gasteiger partial charge is 0.295 e. The molecule has 4 rings (SSSR count). The van der Waals surface area contributed by atoms with Gasteiger partial charge in [0.2, 0.25) is 10.0 Å². The van der Waals surface area contributed by atoms with Crippen molar-refractivity contribution in [1.82, 2.24) is 9.21 Å². The summed E-state index contributed by atoms with van der Waals surface area (Å²) in [6, 6.07) is 4.40. The van der Waals surface area contributed by atoms with Crippen LogP contribution in [0.4, 0.5) is 4.39 Å². The Morgan fingerprint density at radius 1 is 1.06 bits per heavy atom. The van der Waals surface area contributed by atoms with E-state index in [1.807, 2.05) is 0 Å². The Hall–Kier alpha value is -1.02. The highest BCUT2D eigenvalue weighted by Crippen LogP contribution is 2.38. The van der Waals surface area contributed by atoms with Crippen molar-refractivity contribution in [2.24, 2.45) is 5.92 Å². The first-order valence-electron chi connectivity index (χ1n) is 12.3. The van der Waals surface area contributed by atoms with Gasteiger partial charge in [0.25, 0.3) is 0 Å². The number of sulfonamides is 1. The van der Waals surface area contributed by atoms with Gasteiger partial charge in [0, 0.05) is 43.7 Å². The van der Waals surface area contributed by atoms with E-state index in [4.69, 9.17) is 0 Å². The van der Waals surface area contributed by atoms with E-state index >= 15 is 0 Å². The van der Waals surface area contributed by atoms with E-state index in [2.05, 4.69) is 4.90 Å². The summed E-state index contributed by atoms with van der Waals surface area (Å²) in [7, 11) is -3.15. The van der Waals surface area contributed by atoms with Crippen molar-refractivity contribution in [2.75, 3.05) is 31.9 Å². The number of ketones is 1. The third-order valence-electron chi connectivity index (χ3n) is 7.79. The van der Waals surface area contributed by atoms with Gasteiger partial charge in [0.05, 0.1) is 5.75 Å². The number of piperazine rings is 1. The number of rotatable bonds is 8. The van der Waals surface area contributed by atoms with Crippen LogP contribution in [-0.2, 0) is 10.0 Å². The van der Waals surface area contributed by atoms with Crippen molar-refractivity contribution >= 4 is 28.2 Å². The predicted molar refractivity (Wildman–Crippen MR) is 132 cm³/mol. The Labute approximate surface area is 204 Å². The molecule has 1 heterocycles. The Morgan fingerprint density at radius 2 is 1.70 bits per heavy atom. The maximum atomic E-state index is 13.5. The summed E-state index contributed by atoms with van der Waals surface area (Å²) in [4.78, 5) is 15.5. The fourth-order valence-electron chi connectivity index (χ4n) is 5.66. The molecule has 33 heavy (non-hydrogen) atoms. The quantitative estimate of drug-likeness (QED) is 0.373. The summed E-state index contributed by atoms with van der Waals surface area (Å²) in [6.45, 7) is 4.39. The molecule has 0 spiro atoms. The Kier molecular flexibility index (Phi) is 8.98. The molecular weight excluding hydrogens is 463 g/mol. The molecule has 3 fully saturated rings. The number of hydrogen-bond donors (Lipinski definition) is 0. The molecule has 8 heteroatoms. The molecule has 186 valence electrons. The van der Waals surface area contributed by atoms with Crippen molar-refractivity contribution in [3.8, 4) is 0 Å². The number of carbonyl (C=O) groups excluding carboxylic acids is 1. The van der Waals surface area contributed by atoms with Crippen molar-refractivity contribution in [3.63, 3.8) is 0 Å². The molecule has 0 atom stereocenters. The molecule has 1 aromatic carbocycles. The van der Waals surface area contributed by atoms with Crippen LogP contribution in [0, 0.1) is 18.7 Å². The van der Waals surface area contributed by atoms with Crippen LogP contribution in [0.25, 0.3) is 0 Å². The van der Waals surface area contributed by atoms with E-state index in [1.165, 1.54) is 25.0 Å². The van der Waals surface area contributed by atoms with Gasteiger partial charge in [-0.2, -0.15) is 4.31 Å². The zero-order valence-electron chi connectivity index (χ0n) is 19.7. The molecule has 1 aromatic rings. The summed E-state index contributed by atoms with van der Waals surface area (Å²) in [5.74, 6) is 0.446. The molecular formula is C25H38ClFN2O3S. The molecule has 0 unspecified atom stereocenters. The highest BCUT2D eigenvalue weighted by atomic mass is 35.5. The lowest BCUT2D eigenvalue weighted by molar-refractivity contribution is 0.0320. The fourth-order valence-corrected chi connectivity index (χ4v) is 7.52. The standard InChI is InChI=1S/C25H37FN2O3S.ClH/c1-20-18-22(26)8-9-23(20)24(29)10-13-25(11-4-2-3-5-12-25)27-14-16-28(17-15-27)32(30,31)19-21-6-7-21;/h8-9,18,21H,2-7,10-17,19H2,1H3;1H. The van der Waals surface area contributed by atoms with Crippen LogP contribution in [0.1, 0.15) is 80.1 Å². The number of aryl methyl sites for hydroxylation is 1. The average molecular weight is 501 g/mol. The van der Waals surface area contributed by atoms with Crippen LogP contribution >= 0.6 is 12.4 Å². The van der Waals surface area contributed by atoms with Gasteiger partial charge >= 0.3 is 0 Å². The van der Waals surface area contributed by atoms with Crippen LogP contribution in [-0.4, -0.2) is 60.9 Å². The fraction of sp³-hybridized carbons (Fsp3) is 0.720. The topological polar surface area (TPSA) is 57.7 Å². The van der Waals surface area contributed by atoms with E-state index in [9.17, 15) is 17.6 Å². The lowest BCUT2D eigenvalue weighted by Gasteiger charge is -2.48. The highest BCUT2D eigenvalue weighted by molar-refractivity contribution is 7.89. The smallest absolute Gasteiger partial charge is 0.214 e. The molecule has 2 saturated carbocycles. The van der Waals surface area contributed by atoms with E-state index in [-0.39, 0.29) is 29.5 Å². The molecule has 5 nitrogen and oxygen atoms in total. The third kappa shape index (κ3) is 6.56. The highest BCUT2D eigenvalue weighted by Gasteiger charge is 2.41. The molecule has 1 aliphatic heterocycles. The maximum absolute atomic E-state index is 13.5. The summed E-state index contributed by atoms with van der Waals surface area (Å²) >= 11 is 0. The Bertz CT molecular complexity index is 920. The molecule has 0 aromatic heterocycles. The summed E-state index contributed by atoms with van der Waals surface area (Å²) in [6.07, 6.45) is 10.2. The van der Waals surface area contributed by atoms with Crippen LogP contribution in [0.5, 0.6) is 0 Å². The summed E-state index contributed by atoms with van der Waals surface area (Å²) < 4.78 is 40.6. The lowest BCUT2D eigenvalue weighted by atomic mass is 9.81. The number of carbonyl (C=O) groups is 1. The first-order valence-corrected chi connectivity index (χ1v) is 13.9. The second-order valence-electron chi connectivity index (χ2n) is 10.1. The van der Waals surface area contributed by atoms with Crippen molar-refractivity contribution in [3.05, 3.63) is 35.1 Å². The van der Waals surface area contributed by atoms with Gasteiger partial charge in [-0.25, -0.2) is 12.8 Å². The van der Waals surface area contributed by atoms with Crippen LogP contribution < -0.4 is 0 Å². The summed E-state index contributed by atoms with van der Waals surface area (Å²) in [5, 5.41) is 0. The van der Waals surface area contributed by atoms with Crippen molar-refractivity contribution < 1.29 is 17.6 Å². The van der Waals surface area contributed by atoms with Gasteiger partial charge < -0.3 is 0 Å². The van der Waals surface area contributed by atoms with Gasteiger partial charge in [-0.15, -0.1) is 12.4 Å². The third-order valence-corrected chi connectivity index (χ3v) is 9.83. The second-order valence-corrected chi connectivity index (χ2v) is 12.1. The molecule has 3 aliphatic rings. The van der Waals surface area contributed by atoms with E-state index in [1.54, 1.807) is 17.3 Å². The molecule has 1 saturated heterocycles. The van der Waals surface area contributed by atoms with Gasteiger partial charge in [0.15, 0.2) is 5.78 Å². The first kappa shape index (κ1) is 26.6. The number of Topliss-reactive ketones (excluding diaryl/α,β-unsaturated/α-hetero) is 1. The van der Waals surface area contributed by atoms with Gasteiger partial charge in [-0.1, -0.05) is 25.7 Å². The lowest BCUT2D eigenvalue weighted by Crippen LogP contribution is -2.58. The second kappa shape index (κ2) is 11.1. The normalized spacial score (nSPS) is 22.4. The number of nitrogens with zero attached hydrogens (tertiary/aromatic N) is 2. The zero-order chi connectivity index (χ0) is 22.8. The predicted octanol–water partition coefficient (Wildman–Crippen LogP) is 4.97. The zero-order valence-corrected chi connectivity index (χ0v) is 21.4. The van der Waals surface area contributed by atoms with E-state index < -0.39 is 10.0 Å². The first-order chi connectivity index (χ1) is 15.3. The van der Waals surface area contributed by atoms with Crippen molar-refractivity contribution in [1.29, 1.82) is 0 Å². The monoisotopic (exact) mass is 500 g/mol. The Morgan fingerprint density at radius 3 is 2.27 bits per heavy atom. The molecule has 0 amide bonds. The van der Waals surface area contributed by atoms with Gasteiger partial charge in [-0.05, 0) is 68.7 Å². The summed E-state index contributed by atoms with van der Waals surface area (Å²) in [5.41, 5.74) is 1.28. The van der Waals surface area contributed by atoms with Gasteiger partial charge in [-0.3, -0.25) is 9.69 Å². The van der Waals surface area contributed by atoms with Crippen LogP contribution in [0.2, 0.25) is 0 Å². The van der Waals surface area contributed by atoms with E-state index in [0.717, 1.165) is 58.0 Å². The molecule has 2 aliphatic carbocycles. The SMILES string of the molecule is Cc1cc(F)ccc1C(=O)CCC1(N2CCN(S(=O)(=O)CC3CC3)CC2)CCCCCC1.Cl. The molecule has 0 N–H and O–H groups in total. The van der Waals surface area contributed by atoms with E-state index in [0.29, 0.717) is 42.3 Å².